The van der Waals surface area contributed by atoms with Gasteiger partial charge in [-0.05, 0) is 48.5 Å². The van der Waals surface area contributed by atoms with Gasteiger partial charge in [0.1, 0.15) is 11.5 Å². The topological polar surface area (TPSA) is 86.7 Å². The lowest BCUT2D eigenvalue weighted by atomic mass is 10.2. The fraction of sp³-hybridized carbons (Fsp3) is 0.167. The second-order valence-electron chi connectivity index (χ2n) is 4.47. The standard InChI is InChI=1S/C12H11FN8/c1-8(2)16-21-12(15-17-19-21)20-7-11(14-18-20)9-3-5-10(13)6-4-9/h3-7H,1-2H3. The van der Waals surface area contributed by atoms with Crippen LogP contribution < -0.4 is 0 Å². The fourth-order valence-electron chi connectivity index (χ4n) is 1.68. The maximum atomic E-state index is 12.9. The molecule has 0 amide bonds. The van der Waals surface area contributed by atoms with Gasteiger partial charge in [-0.25, -0.2) is 4.39 Å². The Labute approximate surface area is 118 Å². The monoisotopic (exact) mass is 286 g/mol. The fourth-order valence-corrected chi connectivity index (χ4v) is 1.68. The van der Waals surface area contributed by atoms with E-state index in [0.717, 1.165) is 11.3 Å². The molecule has 2 heterocycles. The first kappa shape index (κ1) is 13.0. The number of halogens is 1. The molecule has 0 fully saturated rings. The number of benzene rings is 1. The van der Waals surface area contributed by atoms with Gasteiger partial charge in [-0.15, -0.1) is 5.10 Å². The summed E-state index contributed by atoms with van der Waals surface area (Å²) in [4.78, 5) is 1.26. The molecule has 106 valence electrons. The van der Waals surface area contributed by atoms with Crippen molar-refractivity contribution in [1.29, 1.82) is 0 Å². The van der Waals surface area contributed by atoms with Crippen molar-refractivity contribution >= 4 is 5.71 Å². The first-order chi connectivity index (χ1) is 10.1. The van der Waals surface area contributed by atoms with Gasteiger partial charge in [-0.2, -0.15) is 9.78 Å². The lowest BCUT2D eigenvalue weighted by Crippen LogP contribution is -2.06. The van der Waals surface area contributed by atoms with Crippen LogP contribution in [0.25, 0.3) is 17.2 Å². The molecule has 0 saturated heterocycles. The molecule has 8 nitrogen and oxygen atoms in total. The molecule has 0 atom stereocenters. The summed E-state index contributed by atoms with van der Waals surface area (Å²) in [7, 11) is 0. The molecule has 1 aromatic carbocycles. The molecule has 0 N–H and O–H groups in total. The Balaban J connectivity index is 1.97. The second-order valence-corrected chi connectivity index (χ2v) is 4.47. The van der Waals surface area contributed by atoms with Crippen LogP contribution in [0.1, 0.15) is 13.8 Å². The SMILES string of the molecule is CC(C)=Nn1nnnc1-n1cc(-c2ccc(F)cc2)nn1. The largest absolute Gasteiger partial charge is 0.293 e. The second kappa shape index (κ2) is 5.19. The van der Waals surface area contributed by atoms with Crippen molar-refractivity contribution in [2.75, 3.05) is 0 Å². The Bertz CT molecular complexity index is 782. The lowest BCUT2D eigenvalue weighted by Gasteiger charge is -1.97. The number of hydrogen-bond acceptors (Lipinski definition) is 6. The summed E-state index contributed by atoms with van der Waals surface area (Å²) in [6, 6.07) is 5.98. The van der Waals surface area contributed by atoms with Gasteiger partial charge in [0.2, 0.25) is 0 Å². The number of tetrazole rings is 1. The molecule has 0 bridgehead atoms. The Hall–Kier alpha value is -2.97. The molecule has 0 unspecified atom stereocenters. The van der Waals surface area contributed by atoms with Gasteiger partial charge in [-0.3, -0.25) is 0 Å². The zero-order valence-electron chi connectivity index (χ0n) is 11.3. The molecular weight excluding hydrogens is 275 g/mol. The van der Waals surface area contributed by atoms with Gasteiger partial charge in [0.25, 0.3) is 5.95 Å². The molecule has 9 heteroatoms. The van der Waals surface area contributed by atoms with Crippen molar-refractivity contribution in [2.24, 2.45) is 5.10 Å². The van der Waals surface area contributed by atoms with Crippen molar-refractivity contribution in [3.63, 3.8) is 0 Å². The highest BCUT2D eigenvalue weighted by Crippen LogP contribution is 2.17. The van der Waals surface area contributed by atoms with Gasteiger partial charge in [0.15, 0.2) is 0 Å². The molecule has 0 aliphatic carbocycles. The Morgan fingerprint density at radius 1 is 1.10 bits per heavy atom. The van der Waals surface area contributed by atoms with Crippen molar-refractivity contribution in [1.82, 2.24) is 35.3 Å². The normalized spacial score (nSPS) is 10.6. The molecule has 0 aliphatic rings. The van der Waals surface area contributed by atoms with Crippen LogP contribution in [0.15, 0.2) is 35.6 Å². The van der Waals surface area contributed by atoms with E-state index >= 15 is 0 Å². The van der Waals surface area contributed by atoms with E-state index in [1.165, 1.54) is 21.6 Å². The predicted octanol–water partition coefficient (Wildman–Crippen LogP) is 1.30. The first-order valence-corrected chi connectivity index (χ1v) is 6.13. The van der Waals surface area contributed by atoms with Crippen molar-refractivity contribution in [2.45, 2.75) is 13.8 Å². The summed E-state index contributed by atoms with van der Waals surface area (Å²) in [5.41, 5.74) is 2.13. The van der Waals surface area contributed by atoms with E-state index in [0.29, 0.717) is 11.6 Å². The van der Waals surface area contributed by atoms with E-state index in [4.69, 9.17) is 0 Å². The quantitative estimate of drug-likeness (QED) is 0.677. The highest BCUT2D eigenvalue weighted by atomic mass is 19.1. The summed E-state index contributed by atoms with van der Waals surface area (Å²) < 4.78 is 14.3. The minimum Gasteiger partial charge on any atom is -0.207 e. The summed E-state index contributed by atoms with van der Waals surface area (Å²) in [5, 5.41) is 23.3. The van der Waals surface area contributed by atoms with Crippen LogP contribution >= 0.6 is 0 Å². The predicted molar refractivity (Wildman–Crippen MR) is 72.3 cm³/mol. The summed E-state index contributed by atoms with van der Waals surface area (Å²) in [6.07, 6.45) is 1.65. The van der Waals surface area contributed by atoms with E-state index in [9.17, 15) is 4.39 Å². The minimum absolute atomic E-state index is 0.303. The maximum Gasteiger partial charge on any atom is 0.293 e. The zero-order valence-corrected chi connectivity index (χ0v) is 11.3. The van der Waals surface area contributed by atoms with Gasteiger partial charge < -0.3 is 0 Å². The Morgan fingerprint density at radius 2 is 1.86 bits per heavy atom. The van der Waals surface area contributed by atoms with Crippen LogP contribution in [0.5, 0.6) is 0 Å². The number of nitrogens with zero attached hydrogens (tertiary/aromatic N) is 8. The van der Waals surface area contributed by atoms with Crippen LogP contribution in [0.2, 0.25) is 0 Å². The van der Waals surface area contributed by atoms with Crippen LogP contribution in [-0.2, 0) is 0 Å². The third-order valence-corrected chi connectivity index (χ3v) is 2.57. The smallest absolute Gasteiger partial charge is 0.207 e. The van der Waals surface area contributed by atoms with Gasteiger partial charge in [-0.1, -0.05) is 15.1 Å². The van der Waals surface area contributed by atoms with E-state index in [2.05, 4.69) is 30.9 Å². The van der Waals surface area contributed by atoms with Gasteiger partial charge in [0, 0.05) is 11.3 Å². The van der Waals surface area contributed by atoms with Crippen molar-refractivity contribution in [3.05, 3.63) is 36.3 Å². The van der Waals surface area contributed by atoms with E-state index in [1.807, 2.05) is 13.8 Å². The molecule has 0 radical (unpaired) electrons. The average molecular weight is 286 g/mol. The third-order valence-electron chi connectivity index (χ3n) is 2.57. The molecule has 2 aromatic heterocycles. The van der Waals surface area contributed by atoms with Gasteiger partial charge in [0.05, 0.1) is 6.20 Å². The highest BCUT2D eigenvalue weighted by Gasteiger charge is 2.11. The number of rotatable bonds is 3. The number of hydrogen-bond donors (Lipinski definition) is 0. The van der Waals surface area contributed by atoms with Crippen molar-refractivity contribution in [3.8, 4) is 17.2 Å². The lowest BCUT2D eigenvalue weighted by molar-refractivity contribution is 0.628. The van der Waals surface area contributed by atoms with Gasteiger partial charge >= 0.3 is 0 Å². The highest BCUT2D eigenvalue weighted by molar-refractivity contribution is 5.78. The maximum absolute atomic E-state index is 12.9. The Morgan fingerprint density at radius 3 is 2.57 bits per heavy atom. The molecule has 0 saturated carbocycles. The molecule has 0 aliphatic heterocycles. The first-order valence-electron chi connectivity index (χ1n) is 6.13. The summed E-state index contributed by atoms with van der Waals surface area (Å²) in [6.45, 7) is 3.66. The molecular formula is C12H11FN8. The molecule has 21 heavy (non-hydrogen) atoms. The molecule has 0 spiro atoms. The van der Waals surface area contributed by atoms with Crippen LogP contribution in [0, 0.1) is 5.82 Å². The third kappa shape index (κ3) is 2.66. The van der Waals surface area contributed by atoms with E-state index in [-0.39, 0.29) is 5.82 Å². The molecule has 3 aromatic rings. The van der Waals surface area contributed by atoms with Crippen LogP contribution in [0.4, 0.5) is 4.39 Å². The number of aromatic nitrogens is 7. The van der Waals surface area contributed by atoms with Crippen LogP contribution in [0.3, 0.4) is 0 Å². The van der Waals surface area contributed by atoms with Crippen molar-refractivity contribution < 1.29 is 4.39 Å². The Kier molecular flexibility index (Phi) is 3.22. The average Bonchev–Trinajstić information content (AvgIpc) is 3.07. The molecule has 3 rings (SSSR count). The summed E-state index contributed by atoms with van der Waals surface area (Å²) >= 11 is 0. The zero-order chi connectivity index (χ0) is 14.8. The van der Waals surface area contributed by atoms with E-state index < -0.39 is 0 Å². The van der Waals surface area contributed by atoms with E-state index in [1.54, 1.807) is 18.3 Å². The van der Waals surface area contributed by atoms with Crippen LogP contribution in [-0.4, -0.2) is 41.0 Å². The summed E-state index contributed by atoms with van der Waals surface area (Å²) in [5.74, 6) is 0.0138. The minimum atomic E-state index is -0.303.